The van der Waals surface area contributed by atoms with Crippen molar-refractivity contribution in [3.8, 4) is 5.75 Å². The van der Waals surface area contributed by atoms with Crippen LogP contribution in [0.1, 0.15) is 20.3 Å². The molecule has 0 aromatic heterocycles. The molecule has 0 aliphatic carbocycles. The first-order valence-corrected chi connectivity index (χ1v) is 8.35. The van der Waals surface area contributed by atoms with Crippen molar-refractivity contribution in [2.75, 3.05) is 26.4 Å². The summed E-state index contributed by atoms with van der Waals surface area (Å²) in [6.07, 6.45) is 0.741. The van der Waals surface area contributed by atoms with Gasteiger partial charge in [-0.05, 0) is 44.6 Å². The maximum absolute atomic E-state index is 12.4. The van der Waals surface area contributed by atoms with E-state index >= 15 is 0 Å². The second-order valence-corrected chi connectivity index (χ2v) is 7.64. The van der Waals surface area contributed by atoms with Gasteiger partial charge in [-0.1, -0.05) is 13.8 Å². The number of rotatable bonds is 7. The molecule has 6 nitrogen and oxygen atoms in total. The number of hydrogen-bond donors (Lipinski definition) is 3. The lowest BCUT2D eigenvalue weighted by atomic mass is 10.0. The van der Waals surface area contributed by atoms with E-state index in [1.807, 2.05) is 19.0 Å². The number of phenolic OH excluding ortho intramolecular Hbond substituents is 1. The van der Waals surface area contributed by atoms with Crippen LogP contribution in [0, 0.1) is 5.92 Å². The van der Waals surface area contributed by atoms with Crippen molar-refractivity contribution >= 4 is 15.7 Å². The third kappa shape index (κ3) is 5.53. The first kappa shape index (κ1) is 17.7. The van der Waals surface area contributed by atoms with Crippen molar-refractivity contribution < 1.29 is 13.5 Å². The van der Waals surface area contributed by atoms with Gasteiger partial charge in [0.25, 0.3) is 0 Å². The number of likely N-dealkylation sites (N-methyl/N-ethyl adjacent to an activating group) is 1. The number of benzene rings is 1. The minimum atomic E-state index is -3.66. The Balaban J connectivity index is 2.96. The number of nitrogens with zero attached hydrogens (tertiary/aromatic N) is 1. The lowest BCUT2D eigenvalue weighted by molar-refractivity contribution is 0.329. The van der Waals surface area contributed by atoms with Crippen LogP contribution < -0.4 is 10.5 Å². The van der Waals surface area contributed by atoms with Gasteiger partial charge in [-0.2, -0.15) is 0 Å². The zero-order valence-corrected chi connectivity index (χ0v) is 13.8. The van der Waals surface area contributed by atoms with Gasteiger partial charge in [0.1, 0.15) is 5.75 Å². The summed E-state index contributed by atoms with van der Waals surface area (Å²) in [5, 5.41) is 9.38. The number of nitrogens with two attached hydrogens (primary N) is 1. The number of sulfonamides is 1. The van der Waals surface area contributed by atoms with Crippen LogP contribution in [-0.4, -0.2) is 45.1 Å². The van der Waals surface area contributed by atoms with Gasteiger partial charge in [-0.25, -0.2) is 13.1 Å². The van der Waals surface area contributed by atoms with Crippen LogP contribution >= 0.6 is 0 Å². The highest BCUT2D eigenvalue weighted by molar-refractivity contribution is 7.89. The molecule has 4 N–H and O–H groups in total. The fourth-order valence-corrected chi connectivity index (χ4v) is 3.43. The monoisotopic (exact) mass is 315 g/mol. The largest absolute Gasteiger partial charge is 0.506 e. The molecule has 1 unspecified atom stereocenters. The van der Waals surface area contributed by atoms with Crippen LogP contribution in [0.25, 0.3) is 0 Å². The molecule has 1 aromatic rings. The Morgan fingerprint density at radius 3 is 2.43 bits per heavy atom. The highest BCUT2D eigenvalue weighted by Gasteiger charge is 2.22. The van der Waals surface area contributed by atoms with Gasteiger partial charge in [0, 0.05) is 12.6 Å². The Hall–Kier alpha value is -1.31. The number of anilines is 1. The van der Waals surface area contributed by atoms with Crippen LogP contribution in [0.15, 0.2) is 23.1 Å². The average molecular weight is 315 g/mol. The van der Waals surface area contributed by atoms with Gasteiger partial charge in [0.05, 0.1) is 10.6 Å². The topological polar surface area (TPSA) is 95.7 Å². The molecule has 0 saturated carbocycles. The van der Waals surface area contributed by atoms with Gasteiger partial charge in [-0.3, -0.25) is 0 Å². The van der Waals surface area contributed by atoms with Gasteiger partial charge < -0.3 is 15.7 Å². The van der Waals surface area contributed by atoms with E-state index in [9.17, 15) is 13.5 Å². The summed E-state index contributed by atoms with van der Waals surface area (Å²) >= 11 is 0. The number of phenols is 1. The average Bonchev–Trinajstić information content (AvgIpc) is 2.29. The lowest BCUT2D eigenvalue weighted by Gasteiger charge is -2.24. The van der Waals surface area contributed by atoms with Crippen LogP contribution in [0.4, 0.5) is 5.69 Å². The minimum absolute atomic E-state index is 0.0471. The SMILES string of the molecule is CC(C)CC(CN(C)C)NS(=O)(=O)c1ccc(O)c(N)c1. The van der Waals surface area contributed by atoms with Crippen LogP contribution in [0.5, 0.6) is 5.75 Å². The molecule has 0 bridgehead atoms. The predicted octanol–water partition coefficient (Wildman–Crippen LogP) is 1.23. The van der Waals surface area contributed by atoms with Crippen LogP contribution in [0.3, 0.4) is 0 Å². The second-order valence-electron chi connectivity index (χ2n) is 5.93. The molecule has 1 atom stereocenters. The standard InChI is InChI=1S/C14H25N3O3S/c1-10(2)7-11(9-17(3)4)16-21(19,20)12-5-6-14(18)13(15)8-12/h5-6,8,10-11,16,18H,7,9,15H2,1-4H3. The van der Waals surface area contributed by atoms with Crippen molar-refractivity contribution in [1.29, 1.82) is 0 Å². The summed E-state index contributed by atoms with van der Waals surface area (Å²) in [5.41, 5.74) is 5.61. The van der Waals surface area contributed by atoms with E-state index in [-0.39, 0.29) is 22.4 Å². The molecule has 0 amide bonds. The Labute approximate surface area is 127 Å². The molecule has 0 fully saturated rings. The molecule has 21 heavy (non-hydrogen) atoms. The lowest BCUT2D eigenvalue weighted by Crippen LogP contribution is -2.42. The molecule has 1 rings (SSSR count). The number of nitrogen functional groups attached to an aromatic ring is 1. The quantitative estimate of drug-likeness (QED) is 0.519. The first-order chi connectivity index (χ1) is 9.61. The first-order valence-electron chi connectivity index (χ1n) is 6.87. The highest BCUT2D eigenvalue weighted by atomic mass is 32.2. The third-order valence-corrected chi connectivity index (χ3v) is 4.49. The molecule has 0 aliphatic rings. The maximum Gasteiger partial charge on any atom is 0.240 e. The number of aromatic hydroxyl groups is 1. The van der Waals surface area contributed by atoms with E-state index in [0.717, 1.165) is 6.42 Å². The summed E-state index contributed by atoms with van der Waals surface area (Å²) in [4.78, 5) is 2.01. The smallest absolute Gasteiger partial charge is 0.240 e. The normalized spacial score (nSPS) is 13.8. The van der Waals surface area contributed by atoms with E-state index in [0.29, 0.717) is 12.5 Å². The highest BCUT2D eigenvalue weighted by Crippen LogP contribution is 2.23. The molecule has 0 saturated heterocycles. The van der Waals surface area contributed by atoms with E-state index in [1.165, 1.54) is 18.2 Å². The van der Waals surface area contributed by atoms with Gasteiger partial charge in [0.2, 0.25) is 10.0 Å². The summed E-state index contributed by atoms with van der Waals surface area (Å²) < 4.78 is 27.5. The molecule has 7 heteroatoms. The Kier molecular flexibility index (Phi) is 6.00. The van der Waals surface area contributed by atoms with Crippen LogP contribution in [0.2, 0.25) is 0 Å². The van der Waals surface area contributed by atoms with Crippen molar-refractivity contribution in [1.82, 2.24) is 9.62 Å². The fraction of sp³-hybridized carbons (Fsp3) is 0.571. The van der Waals surface area contributed by atoms with Crippen molar-refractivity contribution in [3.05, 3.63) is 18.2 Å². The second kappa shape index (κ2) is 7.11. The molecule has 1 aromatic carbocycles. The summed E-state index contributed by atoms with van der Waals surface area (Å²) in [7, 11) is 0.148. The summed E-state index contributed by atoms with van der Waals surface area (Å²) in [5.74, 6) is 0.253. The molecule has 0 spiro atoms. The Morgan fingerprint density at radius 1 is 1.33 bits per heavy atom. The molecular weight excluding hydrogens is 290 g/mol. The molecule has 0 aliphatic heterocycles. The Morgan fingerprint density at radius 2 is 1.95 bits per heavy atom. The zero-order valence-electron chi connectivity index (χ0n) is 13.0. The van der Waals surface area contributed by atoms with E-state index in [1.54, 1.807) is 0 Å². The summed E-state index contributed by atoms with van der Waals surface area (Å²) in [6, 6.07) is 3.71. The predicted molar refractivity (Wildman–Crippen MR) is 84.6 cm³/mol. The van der Waals surface area contributed by atoms with E-state index in [2.05, 4.69) is 18.6 Å². The van der Waals surface area contributed by atoms with Gasteiger partial charge in [-0.15, -0.1) is 0 Å². The fourth-order valence-electron chi connectivity index (χ4n) is 2.16. The van der Waals surface area contributed by atoms with Crippen molar-refractivity contribution in [3.63, 3.8) is 0 Å². The van der Waals surface area contributed by atoms with E-state index in [4.69, 9.17) is 5.73 Å². The zero-order chi connectivity index (χ0) is 16.2. The molecule has 120 valence electrons. The van der Waals surface area contributed by atoms with Crippen molar-refractivity contribution in [2.45, 2.75) is 31.2 Å². The minimum Gasteiger partial charge on any atom is -0.506 e. The van der Waals surface area contributed by atoms with E-state index < -0.39 is 10.0 Å². The molecular formula is C14H25N3O3S. The molecule has 0 radical (unpaired) electrons. The third-order valence-electron chi connectivity index (χ3n) is 2.97. The maximum atomic E-state index is 12.4. The summed E-state index contributed by atoms with van der Waals surface area (Å²) in [6.45, 7) is 4.72. The Bertz CT molecular complexity index is 561. The molecule has 0 heterocycles. The number of hydrogen-bond acceptors (Lipinski definition) is 5. The van der Waals surface area contributed by atoms with Crippen molar-refractivity contribution in [2.24, 2.45) is 5.92 Å². The number of nitrogens with one attached hydrogen (secondary N) is 1. The van der Waals surface area contributed by atoms with Gasteiger partial charge in [0.15, 0.2) is 0 Å². The van der Waals surface area contributed by atoms with Crippen LogP contribution in [-0.2, 0) is 10.0 Å². The van der Waals surface area contributed by atoms with Gasteiger partial charge >= 0.3 is 0 Å².